The predicted octanol–water partition coefficient (Wildman–Crippen LogP) is 1.93. The first-order chi connectivity index (χ1) is 8.07. The first-order valence-corrected chi connectivity index (χ1v) is 6.33. The molecule has 2 amide bonds. The SMILES string of the molecule is CCC(C(=O)O)N(C)C(=O)NC1C(C)(C)C1(C)C. The van der Waals surface area contributed by atoms with Crippen LogP contribution in [0.3, 0.4) is 0 Å². The molecule has 0 bridgehead atoms. The molecular weight excluding hydrogens is 232 g/mol. The van der Waals surface area contributed by atoms with Gasteiger partial charge in [0.2, 0.25) is 0 Å². The molecule has 5 heteroatoms. The molecule has 0 aliphatic heterocycles. The maximum absolute atomic E-state index is 12.0. The Balaban J connectivity index is 2.65. The van der Waals surface area contributed by atoms with Gasteiger partial charge in [-0.25, -0.2) is 9.59 Å². The van der Waals surface area contributed by atoms with Crippen molar-refractivity contribution in [3.8, 4) is 0 Å². The number of likely N-dealkylation sites (N-methyl/N-ethyl adjacent to an activating group) is 1. The standard InChI is InChI=1S/C13H24N2O3/c1-7-8(9(16)17)15(6)11(18)14-10-12(2,3)13(10,4)5/h8,10H,7H2,1-6H3,(H,14,18)(H,16,17). The summed E-state index contributed by atoms with van der Waals surface area (Å²) in [6.45, 7) is 10.2. The van der Waals surface area contributed by atoms with Gasteiger partial charge >= 0.3 is 12.0 Å². The Morgan fingerprint density at radius 3 is 2.00 bits per heavy atom. The van der Waals surface area contributed by atoms with E-state index in [0.29, 0.717) is 6.42 Å². The maximum Gasteiger partial charge on any atom is 0.326 e. The van der Waals surface area contributed by atoms with Crippen LogP contribution in [-0.2, 0) is 4.79 Å². The van der Waals surface area contributed by atoms with E-state index < -0.39 is 12.0 Å². The van der Waals surface area contributed by atoms with Crippen LogP contribution in [0.25, 0.3) is 0 Å². The van der Waals surface area contributed by atoms with Gasteiger partial charge in [0.15, 0.2) is 0 Å². The first-order valence-electron chi connectivity index (χ1n) is 6.33. The van der Waals surface area contributed by atoms with Crippen molar-refractivity contribution in [2.75, 3.05) is 7.05 Å². The molecule has 0 aromatic rings. The summed E-state index contributed by atoms with van der Waals surface area (Å²) >= 11 is 0. The smallest absolute Gasteiger partial charge is 0.326 e. The molecule has 0 heterocycles. The van der Waals surface area contributed by atoms with E-state index in [1.807, 2.05) is 0 Å². The van der Waals surface area contributed by atoms with Crippen LogP contribution in [0.15, 0.2) is 0 Å². The van der Waals surface area contributed by atoms with E-state index in [4.69, 9.17) is 5.11 Å². The Morgan fingerprint density at radius 1 is 1.28 bits per heavy atom. The highest BCUT2D eigenvalue weighted by Gasteiger charge is 2.65. The van der Waals surface area contributed by atoms with E-state index >= 15 is 0 Å². The van der Waals surface area contributed by atoms with Crippen LogP contribution in [0.4, 0.5) is 4.79 Å². The van der Waals surface area contributed by atoms with Gasteiger partial charge in [-0.2, -0.15) is 0 Å². The largest absolute Gasteiger partial charge is 0.480 e. The minimum absolute atomic E-state index is 0.0500. The zero-order chi connectivity index (χ0) is 14.3. The molecule has 0 saturated heterocycles. The molecule has 0 radical (unpaired) electrons. The number of nitrogens with one attached hydrogen (secondary N) is 1. The van der Waals surface area contributed by atoms with Crippen molar-refractivity contribution >= 4 is 12.0 Å². The lowest BCUT2D eigenvalue weighted by Crippen LogP contribution is -2.48. The fourth-order valence-corrected chi connectivity index (χ4v) is 2.54. The van der Waals surface area contributed by atoms with E-state index in [-0.39, 0.29) is 22.9 Å². The van der Waals surface area contributed by atoms with Crippen LogP contribution in [0.5, 0.6) is 0 Å². The second-order valence-corrected chi connectivity index (χ2v) is 6.20. The molecule has 1 unspecified atom stereocenters. The molecule has 1 aliphatic carbocycles. The van der Waals surface area contributed by atoms with E-state index in [1.165, 1.54) is 11.9 Å². The summed E-state index contributed by atoms with van der Waals surface area (Å²) in [5, 5.41) is 12.0. The maximum atomic E-state index is 12.0. The number of carboxylic acid groups (broad SMARTS) is 1. The monoisotopic (exact) mass is 256 g/mol. The molecule has 0 spiro atoms. The fraction of sp³-hybridized carbons (Fsp3) is 0.846. The zero-order valence-corrected chi connectivity index (χ0v) is 12.1. The number of carbonyl (C=O) groups is 2. The third-order valence-corrected chi connectivity index (χ3v) is 4.75. The first kappa shape index (κ1) is 14.8. The van der Waals surface area contributed by atoms with Gasteiger partial charge in [0.1, 0.15) is 6.04 Å². The minimum atomic E-state index is -0.968. The fourth-order valence-electron chi connectivity index (χ4n) is 2.54. The molecule has 0 aromatic carbocycles. The average Bonchev–Trinajstić information content (AvgIpc) is 2.61. The normalized spacial score (nSPS) is 22.1. The molecule has 5 nitrogen and oxygen atoms in total. The van der Waals surface area contributed by atoms with Crippen LogP contribution < -0.4 is 5.32 Å². The second-order valence-electron chi connectivity index (χ2n) is 6.20. The summed E-state index contributed by atoms with van der Waals surface area (Å²) in [7, 11) is 1.53. The third kappa shape index (κ3) is 2.18. The number of hydrogen-bond donors (Lipinski definition) is 2. The van der Waals surface area contributed by atoms with Crippen molar-refractivity contribution in [2.45, 2.75) is 53.1 Å². The number of nitrogens with zero attached hydrogens (tertiary/aromatic N) is 1. The number of hydrogen-bond acceptors (Lipinski definition) is 2. The Labute approximate surface area is 109 Å². The number of rotatable bonds is 4. The van der Waals surface area contributed by atoms with Crippen LogP contribution >= 0.6 is 0 Å². The van der Waals surface area contributed by atoms with Crippen LogP contribution in [0.2, 0.25) is 0 Å². The van der Waals surface area contributed by atoms with Crippen LogP contribution in [-0.4, -0.2) is 41.1 Å². The Hall–Kier alpha value is -1.26. The van der Waals surface area contributed by atoms with Crippen molar-refractivity contribution in [3.63, 3.8) is 0 Å². The van der Waals surface area contributed by atoms with Crippen molar-refractivity contribution in [1.29, 1.82) is 0 Å². The Morgan fingerprint density at radius 2 is 1.72 bits per heavy atom. The minimum Gasteiger partial charge on any atom is -0.480 e. The molecule has 2 N–H and O–H groups in total. The lowest BCUT2D eigenvalue weighted by atomic mass is 10.0. The van der Waals surface area contributed by atoms with Gasteiger partial charge in [0, 0.05) is 13.1 Å². The van der Waals surface area contributed by atoms with Crippen molar-refractivity contribution in [1.82, 2.24) is 10.2 Å². The van der Waals surface area contributed by atoms with E-state index in [1.54, 1.807) is 6.92 Å². The number of carbonyl (C=O) groups excluding carboxylic acids is 1. The summed E-state index contributed by atoms with van der Waals surface area (Å²) in [5.41, 5.74) is 0.100. The van der Waals surface area contributed by atoms with Gasteiger partial charge in [-0.15, -0.1) is 0 Å². The van der Waals surface area contributed by atoms with E-state index in [2.05, 4.69) is 33.0 Å². The van der Waals surface area contributed by atoms with E-state index in [0.717, 1.165) is 0 Å². The Bertz CT molecular complexity index is 349. The molecular formula is C13H24N2O3. The summed E-state index contributed by atoms with van der Waals surface area (Å²) in [4.78, 5) is 24.3. The highest BCUT2D eigenvalue weighted by atomic mass is 16.4. The van der Waals surface area contributed by atoms with Crippen molar-refractivity contribution in [2.24, 2.45) is 10.8 Å². The van der Waals surface area contributed by atoms with Crippen LogP contribution in [0.1, 0.15) is 41.0 Å². The van der Waals surface area contributed by atoms with Crippen molar-refractivity contribution in [3.05, 3.63) is 0 Å². The summed E-state index contributed by atoms with van der Waals surface area (Å²) in [6, 6.07) is -0.992. The molecule has 1 rings (SSSR count). The van der Waals surface area contributed by atoms with Gasteiger partial charge in [-0.3, -0.25) is 0 Å². The summed E-state index contributed by atoms with van der Waals surface area (Å²) < 4.78 is 0. The molecule has 104 valence electrons. The molecule has 1 saturated carbocycles. The van der Waals surface area contributed by atoms with Gasteiger partial charge in [-0.05, 0) is 17.3 Å². The quantitative estimate of drug-likeness (QED) is 0.807. The number of urea groups is 1. The number of aliphatic carboxylic acids is 1. The molecule has 1 atom stereocenters. The van der Waals surface area contributed by atoms with E-state index in [9.17, 15) is 9.59 Å². The van der Waals surface area contributed by atoms with Gasteiger partial charge < -0.3 is 15.3 Å². The third-order valence-electron chi connectivity index (χ3n) is 4.75. The van der Waals surface area contributed by atoms with Gasteiger partial charge in [0.05, 0.1) is 0 Å². The van der Waals surface area contributed by atoms with Gasteiger partial charge in [-0.1, -0.05) is 34.6 Å². The average molecular weight is 256 g/mol. The molecule has 0 aromatic heterocycles. The molecule has 1 aliphatic rings. The highest BCUT2D eigenvalue weighted by Crippen LogP contribution is 2.62. The molecule has 1 fully saturated rings. The highest BCUT2D eigenvalue weighted by molar-refractivity contribution is 5.82. The lowest BCUT2D eigenvalue weighted by molar-refractivity contribution is -0.141. The zero-order valence-electron chi connectivity index (χ0n) is 12.1. The van der Waals surface area contributed by atoms with Crippen molar-refractivity contribution < 1.29 is 14.7 Å². The number of carboxylic acids is 1. The Kier molecular flexibility index (Phi) is 3.65. The molecule has 18 heavy (non-hydrogen) atoms. The summed E-state index contributed by atoms with van der Waals surface area (Å²) in [6.07, 6.45) is 0.400. The topological polar surface area (TPSA) is 69.6 Å². The summed E-state index contributed by atoms with van der Waals surface area (Å²) in [5.74, 6) is -0.968. The predicted molar refractivity (Wildman–Crippen MR) is 69.4 cm³/mol. The number of amides is 2. The van der Waals surface area contributed by atoms with Crippen LogP contribution in [0, 0.1) is 10.8 Å². The second kappa shape index (κ2) is 4.44. The lowest BCUT2D eigenvalue weighted by Gasteiger charge is -2.24. The van der Waals surface area contributed by atoms with Gasteiger partial charge in [0.25, 0.3) is 0 Å².